The highest BCUT2D eigenvalue weighted by molar-refractivity contribution is 9.10. The predicted molar refractivity (Wildman–Crippen MR) is 68.7 cm³/mol. The molecule has 0 unspecified atom stereocenters. The summed E-state index contributed by atoms with van der Waals surface area (Å²) >= 11 is 2.88. The SMILES string of the molecule is O=C(O)c1nc(-c2c(F)ccc([N+](=O)[O-])c2F)ncc1Br. The number of benzene rings is 1. The maximum Gasteiger partial charge on any atom is 0.355 e. The van der Waals surface area contributed by atoms with Crippen LogP contribution in [0.2, 0.25) is 0 Å². The summed E-state index contributed by atoms with van der Waals surface area (Å²) in [7, 11) is 0. The van der Waals surface area contributed by atoms with Gasteiger partial charge in [0.1, 0.15) is 5.82 Å². The normalized spacial score (nSPS) is 10.4. The Kier molecular flexibility index (Phi) is 3.89. The molecule has 0 fully saturated rings. The average Bonchev–Trinajstić information content (AvgIpc) is 2.39. The molecule has 0 aliphatic heterocycles. The molecule has 7 nitrogen and oxygen atoms in total. The molecule has 2 rings (SSSR count). The van der Waals surface area contributed by atoms with Crippen molar-refractivity contribution >= 4 is 27.6 Å². The van der Waals surface area contributed by atoms with E-state index in [2.05, 4.69) is 25.9 Å². The Hall–Kier alpha value is -2.49. The van der Waals surface area contributed by atoms with Crippen molar-refractivity contribution in [2.24, 2.45) is 0 Å². The summed E-state index contributed by atoms with van der Waals surface area (Å²) in [5, 5.41) is 19.5. The Bertz CT molecular complexity index is 769. The van der Waals surface area contributed by atoms with Crippen LogP contribution >= 0.6 is 15.9 Å². The van der Waals surface area contributed by atoms with Gasteiger partial charge in [-0.25, -0.2) is 19.2 Å². The second-order valence-corrected chi connectivity index (χ2v) is 4.56. The van der Waals surface area contributed by atoms with E-state index in [1.807, 2.05) is 0 Å². The summed E-state index contributed by atoms with van der Waals surface area (Å²) in [5.41, 5.74) is -2.35. The Labute approximate surface area is 123 Å². The number of carboxylic acid groups (broad SMARTS) is 1. The minimum Gasteiger partial charge on any atom is -0.476 e. The van der Waals surface area contributed by atoms with Crippen LogP contribution in [0.5, 0.6) is 0 Å². The molecule has 0 radical (unpaired) electrons. The quantitative estimate of drug-likeness (QED) is 0.666. The molecule has 0 aliphatic carbocycles. The fourth-order valence-electron chi connectivity index (χ4n) is 1.53. The van der Waals surface area contributed by atoms with E-state index in [4.69, 9.17) is 5.11 Å². The fraction of sp³-hybridized carbons (Fsp3) is 0. The maximum atomic E-state index is 14.0. The van der Waals surface area contributed by atoms with Gasteiger partial charge in [-0.2, -0.15) is 4.39 Å². The maximum absolute atomic E-state index is 14.0. The highest BCUT2D eigenvalue weighted by atomic mass is 79.9. The number of rotatable bonds is 3. The third-order valence-corrected chi connectivity index (χ3v) is 3.02. The Morgan fingerprint density at radius 2 is 2.05 bits per heavy atom. The average molecular weight is 360 g/mol. The molecule has 0 saturated heterocycles. The third kappa shape index (κ3) is 2.70. The van der Waals surface area contributed by atoms with Crippen LogP contribution < -0.4 is 0 Å². The third-order valence-electron chi connectivity index (χ3n) is 2.44. The summed E-state index contributed by atoms with van der Waals surface area (Å²) in [6.07, 6.45) is 0.990. The molecule has 2 aromatic rings. The number of nitro benzene ring substituents is 1. The number of aromatic nitrogens is 2. The number of hydrogen-bond acceptors (Lipinski definition) is 5. The molecule has 0 bridgehead atoms. The number of halogens is 3. The first kappa shape index (κ1) is 14.9. The molecule has 0 spiro atoms. The zero-order chi connectivity index (χ0) is 15.7. The number of aromatic carboxylic acids is 1. The van der Waals surface area contributed by atoms with E-state index >= 15 is 0 Å². The lowest BCUT2D eigenvalue weighted by molar-refractivity contribution is -0.387. The van der Waals surface area contributed by atoms with Crippen LogP contribution in [0.3, 0.4) is 0 Å². The molecule has 0 saturated carbocycles. The van der Waals surface area contributed by atoms with Gasteiger partial charge in [0.05, 0.1) is 15.0 Å². The van der Waals surface area contributed by atoms with Gasteiger partial charge in [-0.3, -0.25) is 10.1 Å². The van der Waals surface area contributed by atoms with Gasteiger partial charge in [-0.15, -0.1) is 0 Å². The summed E-state index contributed by atoms with van der Waals surface area (Å²) in [4.78, 5) is 27.6. The number of carboxylic acids is 1. The van der Waals surface area contributed by atoms with E-state index in [9.17, 15) is 23.7 Å². The van der Waals surface area contributed by atoms with Crippen molar-refractivity contribution < 1.29 is 23.6 Å². The summed E-state index contributed by atoms with van der Waals surface area (Å²) < 4.78 is 27.7. The van der Waals surface area contributed by atoms with Gasteiger partial charge >= 0.3 is 11.7 Å². The predicted octanol–water partition coefficient (Wildman–Crippen LogP) is 2.79. The monoisotopic (exact) mass is 359 g/mol. The molecule has 1 aromatic carbocycles. The topological polar surface area (TPSA) is 106 Å². The first-order valence-corrected chi connectivity index (χ1v) is 6.00. The van der Waals surface area contributed by atoms with Crippen molar-refractivity contribution in [3.05, 3.63) is 50.2 Å². The van der Waals surface area contributed by atoms with Gasteiger partial charge in [0.25, 0.3) is 0 Å². The molecule has 1 aromatic heterocycles. The highest BCUT2D eigenvalue weighted by Gasteiger charge is 2.25. The standard InChI is InChI=1S/C11H4BrF2N3O4/c12-4-3-15-10(16-9(4)11(18)19)7-5(13)1-2-6(8(7)14)17(20)21/h1-3H,(H,18,19). The van der Waals surface area contributed by atoms with Crippen LogP contribution in [-0.2, 0) is 0 Å². The first-order chi connectivity index (χ1) is 9.82. The molecule has 1 heterocycles. The van der Waals surface area contributed by atoms with Gasteiger partial charge in [0.15, 0.2) is 11.5 Å². The van der Waals surface area contributed by atoms with Gasteiger partial charge in [0, 0.05) is 12.3 Å². The molecule has 1 N–H and O–H groups in total. The smallest absolute Gasteiger partial charge is 0.355 e. The van der Waals surface area contributed by atoms with E-state index in [0.717, 1.165) is 6.20 Å². The van der Waals surface area contributed by atoms with Gasteiger partial charge < -0.3 is 5.11 Å². The van der Waals surface area contributed by atoms with Crippen molar-refractivity contribution in [1.82, 2.24) is 9.97 Å². The van der Waals surface area contributed by atoms with Gasteiger partial charge in [-0.1, -0.05) is 0 Å². The van der Waals surface area contributed by atoms with Crippen LogP contribution in [0, 0.1) is 21.7 Å². The second kappa shape index (κ2) is 5.48. The number of nitrogens with zero attached hydrogens (tertiary/aromatic N) is 3. The van der Waals surface area contributed by atoms with Gasteiger partial charge in [0.2, 0.25) is 5.82 Å². The van der Waals surface area contributed by atoms with Crippen molar-refractivity contribution in [2.75, 3.05) is 0 Å². The second-order valence-electron chi connectivity index (χ2n) is 3.71. The van der Waals surface area contributed by atoms with Crippen LogP contribution in [-0.4, -0.2) is 26.0 Å². The van der Waals surface area contributed by atoms with E-state index in [1.54, 1.807) is 0 Å². The first-order valence-electron chi connectivity index (χ1n) is 5.21. The van der Waals surface area contributed by atoms with Crippen LogP contribution in [0.4, 0.5) is 14.5 Å². The van der Waals surface area contributed by atoms with E-state index in [0.29, 0.717) is 12.1 Å². The number of nitro groups is 1. The number of hydrogen-bond donors (Lipinski definition) is 1. The Morgan fingerprint density at radius 3 is 2.62 bits per heavy atom. The zero-order valence-electron chi connectivity index (χ0n) is 9.88. The lowest BCUT2D eigenvalue weighted by atomic mass is 10.1. The molecule has 0 aliphatic rings. The Morgan fingerprint density at radius 1 is 1.38 bits per heavy atom. The zero-order valence-corrected chi connectivity index (χ0v) is 11.5. The molecule has 0 atom stereocenters. The highest BCUT2D eigenvalue weighted by Crippen LogP contribution is 2.30. The van der Waals surface area contributed by atoms with Crippen molar-refractivity contribution in [3.63, 3.8) is 0 Å². The number of carbonyl (C=O) groups is 1. The molecule has 108 valence electrons. The summed E-state index contributed by atoms with van der Waals surface area (Å²) in [6, 6.07) is 1.34. The molecular formula is C11H4BrF2N3O4. The van der Waals surface area contributed by atoms with Crippen LogP contribution in [0.25, 0.3) is 11.4 Å². The molecule has 21 heavy (non-hydrogen) atoms. The van der Waals surface area contributed by atoms with Crippen molar-refractivity contribution in [2.45, 2.75) is 0 Å². The summed E-state index contributed by atoms with van der Waals surface area (Å²) in [6.45, 7) is 0. The molecule has 10 heteroatoms. The van der Waals surface area contributed by atoms with Gasteiger partial charge in [-0.05, 0) is 22.0 Å². The molecule has 0 amide bonds. The van der Waals surface area contributed by atoms with Crippen LogP contribution in [0.1, 0.15) is 10.5 Å². The van der Waals surface area contributed by atoms with E-state index in [1.165, 1.54) is 0 Å². The fourth-order valence-corrected chi connectivity index (χ4v) is 1.89. The van der Waals surface area contributed by atoms with Crippen molar-refractivity contribution in [1.29, 1.82) is 0 Å². The van der Waals surface area contributed by atoms with Crippen molar-refractivity contribution in [3.8, 4) is 11.4 Å². The van der Waals surface area contributed by atoms with Crippen LogP contribution in [0.15, 0.2) is 22.8 Å². The largest absolute Gasteiger partial charge is 0.476 e. The van der Waals surface area contributed by atoms with E-state index < -0.39 is 45.3 Å². The summed E-state index contributed by atoms with van der Waals surface area (Å²) in [5.74, 6) is -4.67. The minimum atomic E-state index is -1.47. The molecular weight excluding hydrogens is 356 g/mol. The minimum absolute atomic E-state index is 0.00463. The lowest BCUT2D eigenvalue weighted by Crippen LogP contribution is -2.06. The van der Waals surface area contributed by atoms with E-state index in [-0.39, 0.29) is 4.47 Å². The Balaban J connectivity index is 2.73. The lowest BCUT2D eigenvalue weighted by Gasteiger charge is -2.06.